The highest BCUT2D eigenvalue weighted by atomic mass is 32.2. The molecule has 1 aromatic heterocycles. The Balaban J connectivity index is 2.20. The molecule has 0 radical (unpaired) electrons. The van der Waals surface area contributed by atoms with Gasteiger partial charge in [-0.3, -0.25) is 0 Å². The zero-order valence-electron chi connectivity index (χ0n) is 10.2. The summed E-state index contributed by atoms with van der Waals surface area (Å²) in [6.45, 7) is 5.47. The van der Waals surface area contributed by atoms with Crippen LogP contribution in [0.15, 0.2) is 27.4 Å². The van der Waals surface area contributed by atoms with Crippen LogP contribution in [-0.2, 0) is 6.54 Å². The fourth-order valence-electron chi connectivity index (χ4n) is 1.46. The van der Waals surface area contributed by atoms with Gasteiger partial charge in [-0.1, -0.05) is 30.0 Å². The Kier molecular flexibility index (Phi) is 4.68. The molecule has 1 N–H and O–H groups in total. The molecule has 1 heterocycles. The molecule has 0 aliphatic heterocycles. The topological polar surface area (TPSA) is 37.8 Å². The number of benzene rings is 1. The van der Waals surface area contributed by atoms with Gasteiger partial charge in [0, 0.05) is 11.4 Å². The molecule has 2 aromatic rings. The van der Waals surface area contributed by atoms with Crippen LogP contribution in [0.3, 0.4) is 0 Å². The van der Waals surface area contributed by atoms with E-state index in [2.05, 4.69) is 15.5 Å². The van der Waals surface area contributed by atoms with E-state index in [1.165, 1.54) is 17.8 Å². The lowest BCUT2D eigenvalue weighted by atomic mass is 10.2. The van der Waals surface area contributed by atoms with Gasteiger partial charge in [0.1, 0.15) is 10.8 Å². The van der Waals surface area contributed by atoms with E-state index in [0.29, 0.717) is 6.54 Å². The molecule has 96 valence electrons. The van der Waals surface area contributed by atoms with E-state index in [1.807, 2.05) is 13.8 Å². The van der Waals surface area contributed by atoms with Gasteiger partial charge in [-0.2, -0.15) is 0 Å². The summed E-state index contributed by atoms with van der Waals surface area (Å²) in [4.78, 5) is 1.02. The van der Waals surface area contributed by atoms with E-state index in [-0.39, 0.29) is 5.82 Å². The fourth-order valence-corrected chi connectivity index (χ4v) is 3.34. The Hall–Kier alpha value is -0.980. The average molecular weight is 283 g/mol. The second kappa shape index (κ2) is 6.26. The maximum absolute atomic E-state index is 13.3. The quantitative estimate of drug-likeness (QED) is 0.914. The Labute approximate surface area is 114 Å². The first-order chi connectivity index (χ1) is 8.69. The monoisotopic (exact) mass is 283 g/mol. The highest BCUT2D eigenvalue weighted by molar-refractivity contribution is 8.01. The van der Waals surface area contributed by atoms with Crippen LogP contribution in [0.1, 0.15) is 17.5 Å². The minimum atomic E-state index is -0.208. The minimum absolute atomic E-state index is 0.208. The molecule has 18 heavy (non-hydrogen) atoms. The summed E-state index contributed by atoms with van der Waals surface area (Å²) in [6.07, 6.45) is 0. The van der Waals surface area contributed by atoms with E-state index in [0.717, 1.165) is 26.4 Å². The molecular weight excluding hydrogens is 269 g/mol. The van der Waals surface area contributed by atoms with Crippen molar-refractivity contribution in [3.05, 3.63) is 34.6 Å². The largest absolute Gasteiger partial charge is 0.313 e. The number of hydrogen-bond acceptors (Lipinski definition) is 5. The highest BCUT2D eigenvalue weighted by Gasteiger charge is 2.09. The van der Waals surface area contributed by atoms with E-state index in [1.54, 1.807) is 23.5 Å². The smallest absolute Gasteiger partial charge is 0.179 e. The van der Waals surface area contributed by atoms with Crippen LogP contribution in [0, 0.1) is 12.7 Å². The second-order valence-corrected chi connectivity index (χ2v) is 6.19. The zero-order valence-corrected chi connectivity index (χ0v) is 11.9. The summed E-state index contributed by atoms with van der Waals surface area (Å²) < 4.78 is 14.1. The summed E-state index contributed by atoms with van der Waals surface area (Å²) in [6, 6.07) is 4.84. The number of rotatable bonds is 5. The van der Waals surface area contributed by atoms with Gasteiger partial charge in [-0.05, 0) is 37.2 Å². The summed E-state index contributed by atoms with van der Waals surface area (Å²) in [7, 11) is 0. The lowest BCUT2D eigenvalue weighted by Crippen LogP contribution is -2.12. The van der Waals surface area contributed by atoms with Crippen molar-refractivity contribution in [2.45, 2.75) is 29.6 Å². The molecular formula is C12H14FN3S2. The zero-order chi connectivity index (χ0) is 13.0. The van der Waals surface area contributed by atoms with Gasteiger partial charge in [0.25, 0.3) is 0 Å². The summed E-state index contributed by atoms with van der Waals surface area (Å²) in [5, 5.41) is 12.2. The predicted molar refractivity (Wildman–Crippen MR) is 72.5 cm³/mol. The van der Waals surface area contributed by atoms with Gasteiger partial charge in [-0.25, -0.2) is 4.39 Å². The van der Waals surface area contributed by atoms with E-state index < -0.39 is 0 Å². The van der Waals surface area contributed by atoms with Gasteiger partial charge in [-0.15, -0.1) is 10.2 Å². The Bertz CT molecular complexity index is 528. The first kappa shape index (κ1) is 13.5. The van der Waals surface area contributed by atoms with E-state index in [9.17, 15) is 4.39 Å². The Morgan fingerprint density at radius 2 is 2.22 bits per heavy atom. The van der Waals surface area contributed by atoms with Crippen LogP contribution in [-0.4, -0.2) is 16.7 Å². The fraction of sp³-hybridized carbons (Fsp3) is 0.333. The number of nitrogens with one attached hydrogen (secondary N) is 1. The standard InChI is InChI=1S/C12H14FN3S2/c1-3-14-7-9-6-10(13)4-5-11(9)18-12-16-15-8(2)17-12/h4-6,14H,3,7H2,1-2H3. The molecule has 2 rings (SSSR count). The van der Waals surface area contributed by atoms with Gasteiger partial charge in [0.15, 0.2) is 4.34 Å². The molecule has 0 atom stereocenters. The maximum Gasteiger partial charge on any atom is 0.179 e. The van der Waals surface area contributed by atoms with Crippen LogP contribution in [0.5, 0.6) is 0 Å². The molecule has 1 aromatic carbocycles. The third-order valence-corrected chi connectivity index (χ3v) is 4.30. The van der Waals surface area contributed by atoms with Crippen molar-refractivity contribution in [1.82, 2.24) is 15.5 Å². The lowest BCUT2D eigenvalue weighted by Gasteiger charge is -2.08. The first-order valence-electron chi connectivity index (χ1n) is 5.66. The van der Waals surface area contributed by atoms with Crippen LogP contribution in [0.4, 0.5) is 4.39 Å². The predicted octanol–water partition coefficient (Wildman–Crippen LogP) is 3.25. The van der Waals surface area contributed by atoms with Crippen molar-refractivity contribution in [1.29, 1.82) is 0 Å². The highest BCUT2D eigenvalue weighted by Crippen LogP contribution is 2.32. The number of aromatic nitrogens is 2. The molecule has 0 saturated heterocycles. The molecule has 0 unspecified atom stereocenters. The van der Waals surface area contributed by atoms with Crippen molar-refractivity contribution in [2.75, 3.05) is 6.54 Å². The van der Waals surface area contributed by atoms with E-state index >= 15 is 0 Å². The number of aryl methyl sites for hydroxylation is 1. The van der Waals surface area contributed by atoms with Gasteiger partial charge in [0.2, 0.25) is 0 Å². The molecule has 3 nitrogen and oxygen atoms in total. The van der Waals surface area contributed by atoms with Crippen molar-refractivity contribution in [3.63, 3.8) is 0 Å². The Morgan fingerprint density at radius 1 is 1.39 bits per heavy atom. The number of nitrogens with zero attached hydrogens (tertiary/aromatic N) is 2. The third-order valence-electron chi connectivity index (χ3n) is 2.29. The van der Waals surface area contributed by atoms with Crippen LogP contribution < -0.4 is 5.32 Å². The number of hydrogen-bond donors (Lipinski definition) is 1. The molecule has 0 fully saturated rings. The maximum atomic E-state index is 13.3. The molecule has 0 aliphatic rings. The van der Waals surface area contributed by atoms with Crippen molar-refractivity contribution in [3.8, 4) is 0 Å². The number of halogens is 1. The van der Waals surface area contributed by atoms with Gasteiger partial charge < -0.3 is 5.32 Å². The third kappa shape index (κ3) is 3.51. The van der Waals surface area contributed by atoms with Crippen molar-refractivity contribution >= 4 is 23.1 Å². The van der Waals surface area contributed by atoms with Crippen LogP contribution in [0.2, 0.25) is 0 Å². The summed E-state index contributed by atoms with van der Waals surface area (Å²) >= 11 is 3.08. The van der Waals surface area contributed by atoms with Crippen molar-refractivity contribution in [2.24, 2.45) is 0 Å². The van der Waals surface area contributed by atoms with Crippen LogP contribution >= 0.6 is 23.1 Å². The summed E-state index contributed by atoms with van der Waals surface area (Å²) in [5.41, 5.74) is 0.953. The molecule has 6 heteroatoms. The molecule has 0 spiro atoms. The normalized spacial score (nSPS) is 10.8. The molecule has 0 saturated carbocycles. The molecule has 0 bridgehead atoms. The van der Waals surface area contributed by atoms with Gasteiger partial charge >= 0.3 is 0 Å². The van der Waals surface area contributed by atoms with Crippen molar-refractivity contribution < 1.29 is 4.39 Å². The van der Waals surface area contributed by atoms with E-state index in [4.69, 9.17) is 0 Å². The van der Waals surface area contributed by atoms with Crippen LogP contribution in [0.25, 0.3) is 0 Å². The lowest BCUT2D eigenvalue weighted by molar-refractivity contribution is 0.619. The first-order valence-corrected chi connectivity index (χ1v) is 7.29. The average Bonchev–Trinajstić information content (AvgIpc) is 2.75. The Morgan fingerprint density at radius 3 is 2.89 bits per heavy atom. The molecule has 0 amide bonds. The summed E-state index contributed by atoms with van der Waals surface area (Å²) in [5.74, 6) is -0.208. The SMILES string of the molecule is CCNCc1cc(F)ccc1Sc1nnc(C)s1. The second-order valence-electron chi connectivity index (χ2n) is 3.72. The molecule has 0 aliphatic carbocycles. The minimum Gasteiger partial charge on any atom is -0.313 e. The van der Waals surface area contributed by atoms with Gasteiger partial charge in [0.05, 0.1) is 0 Å².